The van der Waals surface area contributed by atoms with Crippen LogP contribution in [-0.2, 0) is 0 Å². The predicted octanol–water partition coefficient (Wildman–Crippen LogP) is 1.91. The molecule has 94 valence electrons. The van der Waals surface area contributed by atoms with Crippen LogP contribution in [-0.4, -0.2) is 22.3 Å². The fraction of sp³-hybridized carbons (Fsp3) is 0.500. The summed E-state index contributed by atoms with van der Waals surface area (Å²) < 4.78 is 0. The zero-order valence-corrected chi connectivity index (χ0v) is 11.6. The van der Waals surface area contributed by atoms with E-state index in [9.17, 15) is 9.59 Å². The maximum atomic E-state index is 11.8. The van der Waals surface area contributed by atoms with Crippen molar-refractivity contribution < 1.29 is 4.79 Å². The molecule has 1 aromatic rings. The Balaban J connectivity index is 2.67. The van der Waals surface area contributed by atoms with Crippen LogP contribution in [0, 0.1) is 5.92 Å². The molecule has 1 unspecified atom stereocenters. The summed E-state index contributed by atoms with van der Waals surface area (Å²) >= 11 is 3.37. The van der Waals surface area contributed by atoms with Gasteiger partial charge in [0.1, 0.15) is 5.69 Å². The summed E-state index contributed by atoms with van der Waals surface area (Å²) in [5, 5.41) is 3.59. The van der Waals surface area contributed by atoms with E-state index in [-0.39, 0.29) is 17.5 Å². The summed E-state index contributed by atoms with van der Waals surface area (Å²) in [7, 11) is 0. The van der Waals surface area contributed by atoms with Crippen molar-refractivity contribution in [2.24, 2.45) is 5.92 Å². The minimum atomic E-state index is -0.267. The van der Waals surface area contributed by atoms with Gasteiger partial charge in [0.15, 0.2) is 0 Å². The molecule has 0 aliphatic rings. The Labute approximate surface area is 109 Å². The lowest BCUT2D eigenvalue weighted by molar-refractivity contribution is 0.0932. The average Bonchev–Trinajstić information content (AvgIpc) is 2.27. The number of aromatic amines is 1. The normalized spacial score (nSPS) is 12.5. The molecular weight excluding hydrogens is 284 g/mol. The second kappa shape index (κ2) is 6.59. The highest BCUT2D eigenvalue weighted by Gasteiger charge is 2.14. The third kappa shape index (κ3) is 4.73. The molecule has 17 heavy (non-hydrogen) atoms. The number of pyridine rings is 1. The molecule has 5 heteroatoms. The van der Waals surface area contributed by atoms with E-state index in [1.165, 1.54) is 6.07 Å². The third-order valence-corrected chi connectivity index (χ3v) is 3.07. The van der Waals surface area contributed by atoms with Crippen molar-refractivity contribution in [1.82, 2.24) is 10.3 Å². The van der Waals surface area contributed by atoms with Crippen LogP contribution < -0.4 is 10.9 Å². The number of carbonyl (C=O) groups excluding carboxylic acids is 1. The number of hydrogen-bond acceptors (Lipinski definition) is 2. The number of hydrogen-bond donors (Lipinski definition) is 2. The zero-order chi connectivity index (χ0) is 12.8. The quantitative estimate of drug-likeness (QED) is 0.816. The SMILES string of the molecule is CC(C)CC(CBr)NC(=O)c1cccc(=O)[nH]1. The summed E-state index contributed by atoms with van der Waals surface area (Å²) in [6, 6.07) is 4.62. The van der Waals surface area contributed by atoms with Gasteiger partial charge < -0.3 is 10.3 Å². The second-order valence-corrected chi connectivity index (χ2v) is 5.03. The Kier molecular flexibility index (Phi) is 5.41. The van der Waals surface area contributed by atoms with Crippen LogP contribution >= 0.6 is 15.9 Å². The minimum Gasteiger partial charge on any atom is -0.347 e. The van der Waals surface area contributed by atoms with E-state index in [0.717, 1.165) is 6.42 Å². The van der Waals surface area contributed by atoms with Gasteiger partial charge in [-0.3, -0.25) is 9.59 Å². The molecule has 0 fully saturated rings. The van der Waals surface area contributed by atoms with Gasteiger partial charge in [0.05, 0.1) is 0 Å². The predicted molar refractivity (Wildman–Crippen MR) is 71.6 cm³/mol. The summed E-state index contributed by atoms with van der Waals surface area (Å²) in [5.41, 5.74) is 0.0316. The molecular formula is C12H17BrN2O2. The van der Waals surface area contributed by atoms with Crippen LogP contribution in [0.25, 0.3) is 0 Å². The van der Waals surface area contributed by atoms with Crippen molar-refractivity contribution in [3.8, 4) is 0 Å². The summed E-state index contributed by atoms with van der Waals surface area (Å²) in [4.78, 5) is 25.4. The van der Waals surface area contributed by atoms with Crippen molar-refractivity contribution in [1.29, 1.82) is 0 Å². The molecule has 1 atom stereocenters. The average molecular weight is 301 g/mol. The number of H-pyrrole nitrogens is 1. The van der Waals surface area contributed by atoms with Crippen LogP contribution in [0.2, 0.25) is 0 Å². The first kappa shape index (κ1) is 14.0. The molecule has 1 heterocycles. The van der Waals surface area contributed by atoms with E-state index >= 15 is 0 Å². The number of carbonyl (C=O) groups is 1. The fourth-order valence-electron chi connectivity index (χ4n) is 1.57. The first-order chi connectivity index (χ1) is 8.02. The summed E-state index contributed by atoms with van der Waals surface area (Å²) in [6.07, 6.45) is 0.897. The van der Waals surface area contributed by atoms with Crippen LogP contribution in [0.4, 0.5) is 0 Å². The minimum absolute atomic E-state index is 0.0752. The molecule has 0 saturated heterocycles. The zero-order valence-electron chi connectivity index (χ0n) is 10.00. The van der Waals surface area contributed by atoms with Crippen molar-refractivity contribution in [3.63, 3.8) is 0 Å². The molecule has 4 nitrogen and oxygen atoms in total. The molecule has 0 bridgehead atoms. The number of alkyl halides is 1. The highest BCUT2D eigenvalue weighted by atomic mass is 79.9. The van der Waals surface area contributed by atoms with Crippen LogP contribution in [0.15, 0.2) is 23.0 Å². The lowest BCUT2D eigenvalue weighted by atomic mass is 10.1. The molecule has 0 aliphatic heterocycles. The number of rotatable bonds is 5. The Morgan fingerprint density at radius 2 is 2.18 bits per heavy atom. The molecule has 1 amide bonds. The highest BCUT2D eigenvalue weighted by Crippen LogP contribution is 2.07. The third-order valence-electron chi connectivity index (χ3n) is 2.29. The van der Waals surface area contributed by atoms with Crippen molar-refractivity contribution in [3.05, 3.63) is 34.2 Å². The van der Waals surface area contributed by atoms with E-state index in [4.69, 9.17) is 0 Å². The van der Waals surface area contributed by atoms with Crippen molar-refractivity contribution >= 4 is 21.8 Å². The van der Waals surface area contributed by atoms with Gasteiger partial charge in [-0.2, -0.15) is 0 Å². The van der Waals surface area contributed by atoms with Gasteiger partial charge in [-0.05, 0) is 18.4 Å². The second-order valence-electron chi connectivity index (χ2n) is 4.38. The molecule has 1 aromatic heterocycles. The monoisotopic (exact) mass is 300 g/mol. The maximum absolute atomic E-state index is 11.8. The van der Waals surface area contributed by atoms with Crippen LogP contribution in [0.1, 0.15) is 30.8 Å². The van der Waals surface area contributed by atoms with E-state index < -0.39 is 0 Å². The van der Waals surface area contributed by atoms with Gasteiger partial charge in [0.2, 0.25) is 5.56 Å². The van der Waals surface area contributed by atoms with E-state index in [2.05, 4.69) is 40.1 Å². The Bertz CT molecular complexity index is 429. The van der Waals surface area contributed by atoms with Crippen LogP contribution in [0.3, 0.4) is 0 Å². The first-order valence-corrected chi connectivity index (χ1v) is 6.71. The first-order valence-electron chi connectivity index (χ1n) is 5.59. The van der Waals surface area contributed by atoms with Gasteiger partial charge in [-0.1, -0.05) is 35.8 Å². The Morgan fingerprint density at radius 3 is 2.71 bits per heavy atom. The van der Waals surface area contributed by atoms with Gasteiger partial charge in [-0.15, -0.1) is 0 Å². The smallest absolute Gasteiger partial charge is 0.268 e. The van der Waals surface area contributed by atoms with E-state index in [0.29, 0.717) is 16.9 Å². The lowest BCUT2D eigenvalue weighted by Crippen LogP contribution is -2.37. The van der Waals surface area contributed by atoms with Gasteiger partial charge in [0.25, 0.3) is 5.91 Å². The fourth-order valence-corrected chi connectivity index (χ4v) is 2.00. The summed E-state index contributed by atoms with van der Waals surface area (Å²) in [6.45, 7) is 4.21. The molecule has 0 saturated carbocycles. The lowest BCUT2D eigenvalue weighted by Gasteiger charge is -2.18. The summed E-state index contributed by atoms with van der Waals surface area (Å²) in [5.74, 6) is 0.264. The number of halogens is 1. The van der Waals surface area contributed by atoms with E-state index in [1.54, 1.807) is 12.1 Å². The maximum Gasteiger partial charge on any atom is 0.268 e. The van der Waals surface area contributed by atoms with Crippen LogP contribution in [0.5, 0.6) is 0 Å². The molecule has 0 aliphatic carbocycles. The molecule has 0 aromatic carbocycles. The molecule has 1 rings (SSSR count). The van der Waals surface area contributed by atoms with Crippen molar-refractivity contribution in [2.75, 3.05) is 5.33 Å². The standard InChI is InChI=1S/C12H17BrN2O2/c1-8(2)6-9(7-13)14-12(17)10-4-3-5-11(16)15-10/h3-5,8-9H,6-7H2,1-2H3,(H,14,17)(H,15,16). The number of aromatic nitrogens is 1. The van der Waals surface area contributed by atoms with E-state index in [1.807, 2.05) is 0 Å². The van der Waals surface area contributed by atoms with Gasteiger partial charge in [-0.25, -0.2) is 0 Å². The van der Waals surface area contributed by atoms with Gasteiger partial charge in [0, 0.05) is 17.4 Å². The highest BCUT2D eigenvalue weighted by molar-refractivity contribution is 9.09. The number of amides is 1. The largest absolute Gasteiger partial charge is 0.347 e. The molecule has 0 radical (unpaired) electrons. The number of nitrogens with one attached hydrogen (secondary N) is 2. The van der Waals surface area contributed by atoms with Crippen molar-refractivity contribution in [2.45, 2.75) is 26.3 Å². The molecule has 0 spiro atoms. The molecule has 2 N–H and O–H groups in total. The Morgan fingerprint density at radius 1 is 1.47 bits per heavy atom. The topological polar surface area (TPSA) is 62.0 Å². The Hall–Kier alpha value is -1.10. The van der Waals surface area contributed by atoms with Gasteiger partial charge >= 0.3 is 0 Å².